The number of carbonyl (C=O) groups excluding carboxylic acids is 1. The van der Waals surface area contributed by atoms with E-state index in [1.165, 1.54) is 161 Å². The van der Waals surface area contributed by atoms with Crippen molar-refractivity contribution in [2.45, 2.75) is 219 Å². The Morgan fingerprint density at radius 3 is 1.29 bits per heavy atom. The van der Waals surface area contributed by atoms with Gasteiger partial charge in [0.05, 0.1) is 19.8 Å². The van der Waals surface area contributed by atoms with Crippen LogP contribution in [0.25, 0.3) is 0 Å². The summed E-state index contributed by atoms with van der Waals surface area (Å²) in [5.41, 5.74) is 5.36. The maximum atomic E-state index is 12.5. The van der Waals surface area contributed by atoms with Crippen molar-refractivity contribution in [1.29, 1.82) is 0 Å². The van der Waals surface area contributed by atoms with Gasteiger partial charge in [-0.05, 0) is 12.8 Å². The predicted molar refractivity (Wildman–Crippen MR) is 206 cm³/mol. The molecule has 0 aromatic rings. The van der Waals surface area contributed by atoms with Crippen molar-refractivity contribution in [3.63, 3.8) is 0 Å². The Bertz CT molecular complexity index is 727. The summed E-state index contributed by atoms with van der Waals surface area (Å²) in [4.78, 5) is 22.4. The Balaban J connectivity index is 3.92. The molecule has 0 aliphatic heterocycles. The second kappa shape index (κ2) is 38.7. The Kier molecular flexibility index (Phi) is 38.3. The summed E-state index contributed by atoms with van der Waals surface area (Å²) in [6.45, 7) is 4.96. The zero-order chi connectivity index (χ0) is 35.9. The van der Waals surface area contributed by atoms with Crippen LogP contribution in [-0.4, -0.2) is 49.9 Å². The summed E-state index contributed by atoms with van der Waals surface area (Å²) in [6.07, 6.45) is 38.3. The van der Waals surface area contributed by atoms with E-state index in [1.54, 1.807) is 0 Å². The number of ether oxygens (including phenoxy) is 2. The first-order chi connectivity index (χ1) is 23.9. The molecule has 2 atom stereocenters. The molecule has 0 aromatic heterocycles. The van der Waals surface area contributed by atoms with Crippen molar-refractivity contribution in [1.82, 2.24) is 0 Å². The highest BCUT2D eigenvalue weighted by atomic mass is 31.2. The fourth-order valence-electron chi connectivity index (χ4n) is 6.17. The summed E-state index contributed by atoms with van der Waals surface area (Å²) in [6, 6.07) is 0. The minimum Gasteiger partial charge on any atom is -0.457 e. The van der Waals surface area contributed by atoms with Crippen molar-refractivity contribution in [3.8, 4) is 0 Å². The molecule has 294 valence electrons. The summed E-state index contributed by atoms with van der Waals surface area (Å²) in [5, 5.41) is 0. The zero-order valence-corrected chi connectivity index (χ0v) is 33.3. The zero-order valence-electron chi connectivity index (χ0n) is 32.5. The van der Waals surface area contributed by atoms with Gasteiger partial charge < -0.3 is 20.1 Å². The number of phosphoric acid groups is 1. The van der Waals surface area contributed by atoms with Crippen LogP contribution in [0.3, 0.4) is 0 Å². The lowest BCUT2D eigenvalue weighted by Gasteiger charge is -2.20. The molecule has 0 amide bonds. The number of phosphoric ester groups is 1. The summed E-state index contributed by atoms with van der Waals surface area (Å²) in [5.74, 6) is -0.325. The van der Waals surface area contributed by atoms with Gasteiger partial charge >= 0.3 is 13.8 Å². The fourth-order valence-corrected chi connectivity index (χ4v) is 6.94. The SMILES string of the molecule is CCCCCCCCCCCCCCCCCCCCCCC(=O)OC(COCCCCCCCCCCCC)COP(=O)(O)OCCN. The molecule has 0 aliphatic carbocycles. The molecule has 0 aliphatic rings. The molecule has 3 N–H and O–H groups in total. The molecule has 0 heterocycles. The lowest BCUT2D eigenvalue weighted by molar-refractivity contribution is -0.154. The lowest BCUT2D eigenvalue weighted by atomic mass is 10.0. The second-order valence-corrected chi connectivity index (χ2v) is 15.7. The number of carbonyl (C=O) groups is 1. The monoisotopic (exact) mass is 720 g/mol. The highest BCUT2D eigenvalue weighted by Crippen LogP contribution is 2.43. The third kappa shape index (κ3) is 38.6. The molecular formula is C40H82NO7P. The van der Waals surface area contributed by atoms with Crippen LogP contribution in [0.1, 0.15) is 213 Å². The molecule has 0 fully saturated rings. The van der Waals surface area contributed by atoms with Gasteiger partial charge in [0.25, 0.3) is 0 Å². The van der Waals surface area contributed by atoms with E-state index in [0.29, 0.717) is 13.0 Å². The molecule has 49 heavy (non-hydrogen) atoms. The van der Waals surface area contributed by atoms with Gasteiger partial charge in [-0.1, -0.05) is 194 Å². The van der Waals surface area contributed by atoms with E-state index in [9.17, 15) is 14.3 Å². The molecule has 2 unspecified atom stereocenters. The molecule has 0 rings (SSSR count). The first-order valence-corrected chi connectivity index (χ1v) is 22.5. The molecule has 0 aromatic carbocycles. The summed E-state index contributed by atoms with van der Waals surface area (Å²) in [7, 11) is -4.26. The van der Waals surface area contributed by atoms with E-state index in [1.807, 2.05) is 0 Å². The summed E-state index contributed by atoms with van der Waals surface area (Å²) >= 11 is 0. The highest BCUT2D eigenvalue weighted by molar-refractivity contribution is 7.47. The largest absolute Gasteiger partial charge is 0.472 e. The fraction of sp³-hybridized carbons (Fsp3) is 0.975. The van der Waals surface area contributed by atoms with E-state index in [4.69, 9.17) is 24.3 Å². The molecule has 0 spiro atoms. The molecule has 9 heteroatoms. The quantitative estimate of drug-likeness (QED) is 0.0364. The molecule has 0 radical (unpaired) electrons. The molecule has 8 nitrogen and oxygen atoms in total. The van der Waals surface area contributed by atoms with E-state index in [0.717, 1.165) is 32.1 Å². The Morgan fingerprint density at radius 1 is 0.531 bits per heavy atom. The first-order valence-electron chi connectivity index (χ1n) is 21.0. The van der Waals surface area contributed by atoms with Gasteiger partial charge in [-0.2, -0.15) is 0 Å². The smallest absolute Gasteiger partial charge is 0.457 e. The van der Waals surface area contributed by atoms with Gasteiger partial charge in [0.2, 0.25) is 0 Å². The van der Waals surface area contributed by atoms with Crippen LogP contribution in [0.5, 0.6) is 0 Å². The van der Waals surface area contributed by atoms with Crippen LogP contribution in [-0.2, 0) is 27.9 Å². The number of esters is 1. The topological polar surface area (TPSA) is 117 Å². The molecule has 0 saturated heterocycles. The van der Waals surface area contributed by atoms with Gasteiger partial charge in [-0.25, -0.2) is 4.57 Å². The van der Waals surface area contributed by atoms with Crippen molar-refractivity contribution in [2.75, 3.05) is 33.0 Å². The van der Waals surface area contributed by atoms with Crippen LogP contribution in [0.15, 0.2) is 0 Å². The number of hydrogen-bond acceptors (Lipinski definition) is 7. The van der Waals surface area contributed by atoms with E-state index in [2.05, 4.69) is 13.8 Å². The van der Waals surface area contributed by atoms with Crippen LogP contribution in [0, 0.1) is 0 Å². The minimum atomic E-state index is -4.26. The van der Waals surface area contributed by atoms with E-state index < -0.39 is 13.9 Å². The van der Waals surface area contributed by atoms with Crippen molar-refractivity contribution < 1.29 is 32.8 Å². The third-order valence-corrected chi connectivity index (χ3v) is 10.3. The Hall–Kier alpha value is -0.500. The van der Waals surface area contributed by atoms with Gasteiger partial charge in [0.1, 0.15) is 6.10 Å². The summed E-state index contributed by atoms with van der Waals surface area (Å²) < 4.78 is 33.3. The highest BCUT2D eigenvalue weighted by Gasteiger charge is 2.25. The van der Waals surface area contributed by atoms with E-state index >= 15 is 0 Å². The number of nitrogens with two attached hydrogens (primary N) is 1. The second-order valence-electron chi connectivity index (χ2n) is 14.2. The van der Waals surface area contributed by atoms with Crippen molar-refractivity contribution in [3.05, 3.63) is 0 Å². The normalized spacial score (nSPS) is 13.5. The Labute approximate surface area is 303 Å². The number of rotatable bonds is 41. The molecule has 0 saturated carbocycles. The van der Waals surface area contributed by atoms with Crippen LogP contribution in [0.4, 0.5) is 0 Å². The van der Waals surface area contributed by atoms with Gasteiger partial charge in [-0.3, -0.25) is 13.8 Å². The first kappa shape index (κ1) is 48.5. The molecule has 0 bridgehead atoms. The third-order valence-electron chi connectivity index (χ3n) is 9.27. The maximum absolute atomic E-state index is 12.5. The van der Waals surface area contributed by atoms with Crippen LogP contribution >= 0.6 is 7.82 Å². The van der Waals surface area contributed by atoms with E-state index in [-0.39, 0.29) is 32.3 Å². The lowest BCUT2D eigenvalue weighted by Crippen LogP contribution is -2.28. The Morgan fingerprint density at radius 2 is 0.898 bits per heavy atom. The van der Waals surface area contributed by atoms with Crippen molar-refractivity contribution in [2.24, 2.45) is 5.73 Å². The average molecular weight is 720 g/mol. The van der Waals surface area contributed by atoms with Crippen molar-refractivity contribution >= 4 is 13.8 Å². The van der Waals surface area contributed by atoms with Crippen LogP contribution < -0.4 is 5.73 Å². The molecular weight excluding hydrogens is 637 g/mol. The standard InChI is InChI=1S/C40H82NO7P/c1-3-5-7-9-11-13-15-16-17-18-19-20-21-22-23-24-25-27-29-31-33-40(42)48-39(38-47-49(43,44)46-36-34-41)37-45-35-32-30-28-26-14-12-10-8-6-4-2/h39H,3-38,41H2,1-2H3,(H,43,44). The van der Waals surface area contributed by atoms with Crippen LogP contribution in [0.2, 0.25) is 0 Å². The van der Waals surface area contributed by atoms with Gasteiger partial charge in [0.15, 0.2) is 0 Å². The number of unbranched alkanes of at least 4 members (excludes halogenated alkanes) is 28. The number of hydrogen-bond donors (Lipinski definition) is 2. The predicted octanol–water partition coefficient (Wildman–Crippen LogP) is 12.1. The maximum Gasteiger partial charge on any atom is 0.472 e. The average Bonchev–Trinajstić information content (AvgIpc) is 3.09. The van der Waals surface area contributed by atoms with Gasteiger partial charge in [0, 0.05) is 19.6 Å². The van der Waals surface area contributed by atoms with Gasteiger partial charge in [-0.15, -0.1) is 0 Å². The minimum absolute atomic E-state index is 0.0904.